The van der Waals surface area contributed by atoms with Crippen molar-refractivity contribution in [2.45, 2.75) is 113 Å². The Labute approximate surface area is 197 Å². The maximum atomic E-state index is 12.2. The first-order valence-corrected chi connectivity index (χ1v) is 13.8. The van der Waals surface area contributed by atoms with Gasteiger partial charge in [0.25, 0.3) is 0 Å². The molecule has 0 bridgehead atoms. The van der Waals surface area contributed by atoms with E-state index >= 15 is 0 Å². The zero-order valence-corrected chi connectivity index (χ0v) is 21.9. The van der Waals surface area contributed by atoms with Crippen molar-refractivity contribution >= 4 is 5.97 Å². The Morgan fingerprint density at radius 1 is 0.812 bits per heavy atom. The van der Waals surface area contributed by atoms with Crippen molar-refractivity contribution in [3.05, 3.63) is 11.6 Å². The number of fused-ring (bicyclic) bond motifs is 7. The van der Waals surface area contributed by atoms with Gasteiger partial charge in [-0.3, -0.25) is 0 Å². The second-order valence-electron chi connectivity index (χ2n) is 14.4. The molecule has 0 heterocycles. The van der Waals surface area contributed by atoms with E-state index < -0.39 is 5.97 Å². The van der Waals surface area contributed by atoms with Crippen LogP contribution in [0.15, 0.2) is 11.6 Å². The van der Waals surface area contributed by atoms with E-state index in [4.69, 9.17) is 0 Å². The lowest BCUT2D eigenvalue weighted by atomic mass is 9.32. The summed E-state index contributed by atoms with van der Waals surface area (Å²) in [4.78, 5) is 12.2. The summed E-state index contributed by atoms with van der Waals surface area (Å²) in [5, 5.41) is 10.0. The number of allylic oxidation sites excluding steroid dienone is 1. The molecule has 9 atom stereocenters. The van der Waals surface area contributed by atoms with E-state index in [1.165, 1.54) is 51.4 Å². The number of hydrogen-bond acceptors (Lipinski definition) is 1. The third-order valence-corrected chi connectivity index (χ3v) is 13.4. The fraction of sp³-hybridized carbons (Fsp3) is 0.900. The number of carboxylic acid groups (broad SMARTS) is 1. The van der Waals surface area contributed by atoms with Crippen LogP contribution in [0.4, 0.5) is 0 Å². The minimum Gasteiger partial charge on any atom is -0.478 e. The van der Waals surface area contributed by atoms with Crippen LogP contribution in [-0.4, -0.2) is 11.1 Å². The van der Waals surface area contributed by atoms with Crippen molar-refractivity contribution in [3.63, 3.8) is 0 Å². The van der Waals surface area contributed by atoms with Crippen LogP contribution in [0.5, 0.6) is 0 Å². The molecule has 0 aliphatic heterocycles. The molecule has 0 aromatic rings. The standard InChI is InChI=1S/C30H48O2/c1-19(2)20-11-12-23-27(20,4)15-17-30(7)24-13-14-26(3)21(25(31)32)9-8-10-22(26)28(24,5)16-18-29(23,30)6/h9,19-20,22-24H,8,10-18H2,1-7H3,(H,31,32)/t20-,22?,23?,24?,26-,27-,28+,29+,30-/m1/s1. The molecule has 180 valence electrons. The molecule has 0 aromatic heterocycles. The summed E-state index contributed by atoms with van der Waals surface area (Å²) in [6.07, 6.45) is 14.8. The SMILES string of the molecule is CC(C)[C@H]1CCC2[C@]1(C)CC[C@]1(C)C3CC[C@]4(C)C(C(=O)O)=CCCC4[C@]3(C)CC[C@@]21C. The Balaban J connectivity index is 1.53. The normalized spacial score (nSPS) is 54.8. The predicted molar refractivity (Wildman–Crippen MR) is 131 cm³/mol. The van der Waals surface area contributed by atoms with Crippen LogP contribution in [0.25, 0.3) is 0 Å². The first-order valence-electron chi connectivity index (χ1n) is 13.8. The molecule has 2 heteroatoms. The highest BCUT2D eigenvalue weighted by molar-refractivity contribution is 5.88. The average molecular weight is 441 g/mol. The highest BCUT2D eigenvalue weighted by Gasteiger charge is 2.71. The fourth-order valence-electron chi connectivity index (χ4n) is 11.8. The van der Waals surface area contributed by atoms with Crippen molar-refractivity contribution in [3.8, 4) is 0 Å². The van der Waals surface area contributed by atoms with Gasteiger partial charge >= 0.3 is 5.97 Å². The average Bonchev–Trinajstić information content (AvgIpc) is 3.07. The molecule has 0 spiro atoms. The summed E-state index contributed by atoms with van der Waals surface area (Å²) in [5.41, 5.74) is 2.21. The Morgan fingerprint density at radius 2 is 1.41 bits per heavy atom. The minimum atomic E-state index is -0.662. The molecule has 5 rings (SSSR count). The molecule has 3 unspecified atom stereocenters. The molecule has 0 amide bonds. The van der Waals surface area contributed by atoms with Crippen LogP contribution in [0.1, 0.15) is 113 Å². The predicted octanol–water partition coefficient (Wildman–Crippen LogP) is 8.12. The number of carbonyl (C=O) groups is 1. The number of rotatable bonds is 2. The molecule has 4 fully saturated rings. The smallest absolute Gasteiger partial charge is 0.331 e. The Kier molecular flexibility index (Phi) is 4.94. The van der Waals surface area contributed by atoms with Gasteiger partial charge in [0.15, 0.2) is 0 Å². The van der Waals surface area contributed by atoms with Gasteiger partial charge in [-0.2, -0.15) is 0 Å². The molecule has 5 aliphatic rings. The van der Waals surface area contributed by atoms with E-state index in [2.05, 4.69) is 54.5 Å². The maximum absolute atomic E-state index is 12.2. The summed E-state index contributed by atoms with van der Waals surface area (Å²) in [7, 11) is 0. The fourth-order valence-corrected chi connectivity index (χ4v) is 11.8. The summed E-state index contributed by atoms with van der Waals surface area (Å²) in [5.74, 6) is 3.14. The molecule has 0 saturated heterocycles. The third-order valence-electron chi connectivity index (χ3n) is 13.4. The molecule has 2 nitrogen and oxygen atoms in total. The summed E-state index contributed by atoms with van der Waals surface area (Å²) < 4.78 is 0. The van der Waals surface area contributed by atoms with Crippen molar-refractivity contribution in [1.29, 1.82) is 0 Å². The van der Waals surface area contributed by atoms with Gasteiger partial charge in [0, 0.05) is 11.0 Å². The van der Waals surface area contributed by atoms with Crippen LogP contribution in [0, 0.1) is 56.7 Å². The topological polar surface area (TPSA) is 37.3 Å². The van der Waals surface area contributed by atoms with Gasteiger partial charge in [-0.25, -0.2) is 4.79 Å². The van der Waals surface area contributed by atoms with E-state index in [0.29, 0.717) is 22.2 Å². The summed E-state index contributed by atoms with van der Waals surface area (Å²) >= 11 is 0. The first-order chi connectivity index (χ1) is 14.8. The highest BCUT2D eigenvalue weighted by Crippen LogP contribution is 2.78. The van der Waals surface area contributed by atoms with Gasteiger partial charge in [0.1, 0.15) is 0 Å². The van der Waals surface area contributed by atoms with Crippen molar-refractivity contribution in [2.24, 2.45) is 56.7 Å². The van der Waals surface area contributed by atoms with Crippen LogP contribution in [0.2, 0.25) is 0 Å². The molecular formula is C30H48O2. The largest absolute Gasteiger partial charge is 0.478 e. The summed E-state index contributed by atoms with van der Waals surface area (Å²) in [6.45, 7) is 17.9. The van der Waals surface area contributed by atoms with Gasteiger partial charge < -0.3 is 5.11 Å². The second kappa shape index (κ2) is 6.88. The zero-order valence-electron chi connectivity index (χ0n) is 21.9. The van der Waals surface area contributed by atoms with Gasteiger partial charge in [0.2, 0.25) is 0 Å². The van der Waals surface area contributed by atoms with E-state index in [0.717, 1.165) is 42.1 Å². The third kappa shape index (κ3) is 2.56. The lowest BCUT2D eigenvalue weighted by molar-refractivity contribution is -0.235. The van der Waals surface area contributed by atoms with E-state index in [-0.39, 0.29) is 10.8 Å². The number of aliphatic carboxylic acids is 1. The van der Waals surface area contributed by atoms with Gasteiger partial charge in [0.05, 0.1) is 0 Å². The molecule has 0 radical (unpaired) electrons. The monoisotopic (exact) mass is 440 g/mol. The Bertz CT molecular complexity index is 842. The number of hydrogen-bond donors (Lipinski definition) is 1. The van der Waals surface area contributed by atoms with Crippen LogP contribution >= 0.6 is 0 Å². The summed E-state index contributed by atoms with van der Waals surface area (Å²) in [6, 6.07) is 0. The number of carboxylic acids is 1. The quantitative estimate of drug-likeness (QED) is 0.471. The van der Waals surface area contributed by atoms with Crippen molar-refractivity contribution in [1.82, 2.24) is 0 Å². The molecule has 1 N–H and O–H groups in total. The van der Waals surface area contributed by atoms with E-state index in [1.807, 2.05) is 0 Å². The Morgan fingerprint density at radius 3 is 2.00 bits per heavy atom. The lowest BCUT2D eigenvalue weighted by Gasteiger charge is -2.73. The first kappa shape index (κ1) is 23.0. The molecule has 0 aromatic carbocycles. The van der Waals surface area contributed by atoms with Crippen LogP contribution in [-0.2, 0) is 4.79 Å². The molecule has 5 aliphatic carbocycles. The Hall–Kier alpha value is -0.790. The zero-order chi connectivity index (χ0) is 23.3. The second-order valence-corrected chi connectivity index (χ2v) is 14.4. The maximum Gasteiger partial charge on any atom is 0.331 e. The molecule has 32 heavy (non-hydrogen) atoms. The lowest BCUT2D eigenvalue weighted by Crippen LogP contribution is -2.66. The highest BCUT2D eigenvalue weighted by atomic mass is 16.4. The van der Waals surface area contributed by atoms with Crippen LogP contribution in [0.3, 0.4) is 0 Å². The van der Waals surface area contributed by atoms with E-state index in [1.54, 1.807) is 0 Å². The molecular weight excluding hydrogens is 392 g/mol. The van der Waals surface area contributed by atoms with Crippen LogP contribution < -0.4 is 0 Å². The van der Waals surface area contributed by atoms with Crippen molar-refractivity contribution in [2.75, 3.05) is 0 Å². The van der Waals surface area contributed by atoms with Gasteiger partial charge in [-0.1, -0.05) is 54.5 Å². The molecule has 4 saturated carbocycles. The van der Waals surface area contributed by atoms with E-state index in [9.17, 15) is 9.90 Å². The minimum absolute atomic E-state index is 0.140. The van der Waals surface area contributed by atoms with Gasteiger partial charge in [-0.05, 0) is 115 Å². The van der Waals surface area contributed by atoms with Crippen molar-refractivity contribution < 1.29 is 9.90 Å². The van der Waals surface area contributed by atoms with Gasteiger partial charge in [-0.15, -0.1) is 0 Å².